The zero-order valence-electron chi connectivity index (χ0n) is 16.4. The van der Waals surface area contributed by atoms with E-state index in [4.69, 9.17) is 0 Å². The predicted octanol–water partition coefficient (Wildman–Crippen LogP) is 2.14. The second-order valence-corrected chi connectivity index (χ2v) is 9.23. The molecule has 2 aromatic rings. The molecule has 0 atom stereocenters. The van der Waals surface area contributed by atoms with E-state index in [-0.39, 0.29) is 29.8 Å². The van der Waals surface area contributed by atoms with Gasteiger partial charge in [0, 0.05) is 39.6 Å². The van der Waals surface area contributed by atoms with Gasteiger partial charge in [-0.1, -0.05) is 24.3 Å². The molecule has 0 aromatic heterocycles. The third-order valence-electron chi connectivity index (χ3n) is 5.60. The van der Waals surface area contributed by atoms with Crippen molar-refractivity contribution in [3.05, 3.63) is 64.2 Å². The van der Waals surface area contributed by atoms with E-state index in [9.17, 15) is 13.2 Å². The van der Waals surface area contributed by atoms with Crippen LogP contribution in [0.15, 0.2) is 41.3 Å². The SMILES string of the molecule is CC(=O)N1CCc2ccc(S(=O)(=O)NCc3ccc4c(c3)CNC4)cc2CC1.Cl. The lowest BCUT2D eigenvalue weighted by atomic mass is 10.0. The Labute approximate surface area is 178 Å². The van der Waals surface area contributed by atoms with Crippen molar-refractivity contribution in [2.45, 2.75) is 44.3 Å². The Balaban J connectivity index is 0.00000240. The van der Waals surface area contributed by atoms with Gasteiger partial charge in [0.25, 0.3) is 0 Å². The number of halogens is 1. The summed E-state index contributed by atoms with van der Waals surface area (Å²) in [6.45, 7) is 4.85. The van der Waals surface area contributed by atoms with Gasteiger partial charge in [0.15, 0.2) is 0 Å². The summed E-state index contributed by atoms with van der Waals surface area (Å²) in [5.74, 6) is 0.0619. The number of sulfonamides is 1. The summed E-state index contributed by atoms with van der Waals surface area (Å²) in [6, 6.07) is 11.4. The van der Waals surface area contributed by atoms with Crippen LogP contribution >= 0.6 is 12.4 Å². The molecule has 8 heteroatoms. The number of nitrogens with one attached hydrogen (secondary N) is 2. The van der Waals surface area contributed by atoms with Crippen LogP contribution in [0.4, 0.5) is 0 Å². The van der Waals surface area contributed by atoms with Crippen molar-refractivity contribution in [3.63, 3.8) is 0 Å². The number of hydrogen-bond donors (Lipinski definition) is 2. The molecule has 0 saturated heterocycles. The zero-order chi connectivity index (χ0) is 19.7. The highest BCUT2D eigenvalue weighted by Gasteiger charge is 2.20. The Kier molecular flexibility index (Phi) is 6.63. The molecule has 2 aromatic carbocycles. The molecule has 0 unspecified atom stereocenters. The molecule has 0 radical (unpaired) electrons. The first-order valence-corrected chi connectivity index (χ1v) is 11.1. The molecule has 0 aliphatic carbocycles. The molecule has 0 spiro atoms. The monoisotopic (exact) mass is 435 g/mol. The standard InChI is InChI=1S/C21H25N3O3S.ClH/c1-15(25)24-8-6-17-4-5-21(11-18(17)7-9-24)28(26,27)23-12-16-2-3-19-13-22-14-20(19)10-16;/h2-5,10-11,22-23H,6-9,12-14H2,1H3;1H. The molecule has 4 rings (SSSR count). The Hall–Kier alpha value is -1.93. The quantitative estimate of drug-likeness (QED) is 0.771. The van der Waals surface area contributed by atoms with Gasteiger partial charge >= 0.3 is 0 Å². The molecule has 156 valence electrons. The average molecular weight is 436 g/mol. The first kappa shape index (κ1) is 21.8. The van der Waals surface area contributed by atoms with Crippen molar-refractivity contribution in [1.29, 1.82) is 0 Å². The van der Waals surface area contributed by atoms with E-state index in [0.29, 0.717) is 19.5 Å². The minimum Gasteiger partial charge on any atom is -0.342 e. The summed E-state index contributed by atoms with van der Waals surface area (Å²) < 4.78 is 28.3. The highest BCUT2D eigenvalue weighted by Crippen LogP contribution is 2.21. The maximum absolute atomic E-state index is 12.8. The molecular formula is C21H26ClN3O3S. The number of carbonyl (C=O) groups excluding carboxylic acids is 1. The van der Waals surface area contributed by atoms with Crippen LogP contribution in [-0.2, 0) is 47.3 Å². The van der Waals surface area contributed by atoms with Crippen LogP contribution in [0.3, 0.4) is 0 Å². The van der Waals surface area contributed by atoms with Gasteiger partial charge in [-0.25, -0.2) is 13.1 Å². The van der Waals surface area contributed by atoms with Crippen LogP contribution in [-0.4, -0.2) is 32.3 Å². The lowest BCUT2D eigenvalue weighted by Crippen LogP contribution is -2.30. The largest absolute Gasteiger partial charge is 0.342 e. The highest BCUT2D eigenvalue weighted by atomic mass is 35.5. The van der Waals surface area contributed by atoms with Crippen molar-refractivity contribution >= 4 is 28.3 Å². The van der Waals surface area contributed by atoms with E-state index in [0.717, 1.165) is 36.2 Å². The molecule has 2 N–H and O–H groups in total. The van der Waals surface area contributed by atoms with Gasteiger partial charge in [0.1, 0.15) is 0 Å². The van der Waals surface area contributed by atoms with Gasteiger partial charge in [0.05, 0.1) is 4.90 Å². The van der Waals surface area contributed by atoms with Crippen molar-refractivity contribution < 1.29 is 13.2 Å². The fourth-order valence-electron chi connectivity index (χ4n) is 3.90. The molecule has 6 nitrogen and oxygen atoms in total. The van der Waals surface area contributed by atoms with Gasteiger partial charge in [0.2, 0.25) is 15.9 Å². The number of hydrogen-bond acceptors (Lipinski definition) is 4. The number of rotatable bonds is 4. The van der Waals surface area contributed by atoms with Crippen LogP contribution in [0.5, 0.6) is 0 Å². The summed E-state index contributed by atoms with van der Waals surface area (Å²) in [5.41, 5.74) is 5.59. The molecule has 0 bridgehead atoms. The molecule has 2 heterocycles. The van der Waals surface area contributed by atoms with Crippen molar-refractivity contribution in [2.24, 2.45) is 0 Å². The molecule has 0 saturated carbocycles. The van der Waals surface area contributed by atoms with Crippen LogP contribution in [0.1, 0.15) is 34.7 Å². The summed E-state index contributed by atoms with van der Waals surface area (Å²) in [7, 11) is -3.59. The lowest BCUT2D eigenvalue weighted by molar-refractivity contribution is -0.128. The van der Waals surface area contributed by atoms with Gasteiger partial charge in [-0.05, 0) is 52.8 Å². The van der Waals surface area contributed by atoms with Gasteiger partial charge in [-0.15, -0.1) is 12.4 Å². The predicted molar refractivity (Wildman–Crippen MR) is 114 cm³/mol. The summed E-state index contributed by atoms with van der Waals surface area (Å²) in [6.07, 6.45) is 1.43. The van der Waals surface area contributed by atoms with E-state index < -0.39 is 10.0 Å². The van der Waals surface area contributed by atoms with E-state index in [1.54, 1.807) is 19.1 Å². The molecule has 29 heavy (non-hydrogen) atoms. The number of fused-ring (bicyclic) bond motifs is 2. The molecular weight excluding hydrogens is 410 g/mol. The highest BCUT2D eigenvalue weighted by molar-refractivity contribution is 7.89. The Bertz CT molecular complexity index is 1020. The topological polar surface area (TPSA) is 78.5 Å². The fourth-order valence-corrected chi connectivity index (χ4v) is 4.97. The van der Waals surface area contributed by atoms with Crippen LogP contribution in [0.25, 0.3) is 0 Å². The van der Waals surface area contributed by atoms with Gasteiger partial charge in [-0.3, -0.25) is 4.79 Å². The third kappa shape index (κ3) is 4.80. The van der Waals surface area contributed by atoms with Crippen molar-refractivity contribution in [3.8, 4) is 0 Å². The Morgan fingerprint density at radius 3 is 2.45 bits per heavy atom. The third-order valence-corrected chi connectivity index (χ3v) is 7.00. The van der Waals surface area contributed by atoms with Crippen molar-refractivity contribution in [2.75, 3.05) is 13.1 Å². The number of nitrogens with zero attached hydrogens (tertiary/aromatic N) is 1. The average Bonchev–Trinajstić information content (AvgIpc) is 3.03. The smallest absolute Gasteiger partial charge is 0.240 e. The van der Waals surface area contributed by atoms with E-state index in [2.05, 4.69) is 22.2 Å². The lowest BCUT2D eigenvalue weighted by Gasteiger charge is -2.17. The fraction of sp³-hybridized carbons (Fsp3) is 0.381. The summed E-state index contributed by atoms with van der Waals surface area (Å²) >= 11 is 0. The minimum atomic E-state index is -3.59. The van der Waals surface area contributed by atoms with Crippen LogP contribution in [0.2, 0.25) is 0 Å². The van der Waals surface area contributed by atoms with Gasteiger partial charge in [-0.2, -0.15) is 0 Å². The molecule has 2 aliphatic rings. The normalized spacial score (nSPS) is 15.8. The second kappa shape index (κ2) is 8.83. The van der Waals surface area contributed by atoms with Crippen LogP contribution < -0.4 is 10.0 Å². The maximum atomic E-state index is 12.8. The number of amides is 1. The first-order chi connectivity index (χ1) is 13.4. The van der Waals surface area contributed by atoms with Crippen LogP contribution in [0, 0.1) is 0 Å². The number of carbonyl (C=O) groups is 1. The maximum Gasteiger partial charge on any atom is 0.240 e. The Morgan fingerprint density at radius 1 is 1.00 bits per heavy atom. The molecule has 0 fully saturated rings. The number of benzene rings is 2. The second-order valence-electron chi connectivity index (χ2n) is 7.47. The Morgan fingerprint density at radius 2 is 1.69 bits per heavy atom. The minimum absolute atomic E-state index is 0. The van der Waals surface area contributed by atoms with Crippen molar-refractivity contribution in [1.82, 2.24) is 14.9 Å². The van der Waals surface area contributed by atoms with E-state index >= 15 is 0 Å². The van der Waals surface area contributed by atoms with Gasteiger partial charge < -0.3 is 10.2 Å². The van der Waals surface area contributed by atoms with E-state index in [1.807, 2.05) is 17.0 Å². The summed E-state index contributed by atoms with van der Waals surface area (Å²) in [4.78, 5) is 13.7. The van der Waals surface area contributed by atoms with E-state index in [1.165, 1.54) is 11.1 Å². The zero-order valence-corrected chi connectivity index (χ0v) is 18.0. The molecule has 2 aliphatic heterocycles. The summed E-state index contributed by atoms with van der Waals surface area (Å²) in [5, 5.41) is 3.29. The first-order valence-electron chi connectivity index (χ1n) is 9.61. The molecule has 1 amide bonds.